The van der Waals surface area contributed by atoms with Gasteiger partial charge in [-0.05, 0) is 49.4 Å². The Kier molecular flexibility index (Phi) is 3.49. The molecule has 0 aromatic rings. The minimum absolute atomic E-state index is 0.00986. The maximum absolute atomic E-state index is 9.70. The molecule has 3 heteroatoms. The molecule has 2 aliphatic heterocycles. The first-order valence-corrected chi connectivity index (χ1v) is 7.35. The van der Waals surface area contributed by atoms with Crippen molar-refractivity contribution in [3.05, 3.63) is 0 Å². The Morgan fingerprint density at radius 3 is 2.92 bits per heavy atom. The molecule has 0 aromatic carbocycles. The van der Waals surface area contributed by atoms with Crippen LogP contribution in [-0.4, -0.2) is 33.2 Å². The van der Waals surface area contributed by atoms with E-state index in [4.69, 9.17) is 0 Å². The summed E-state index contributed by atoms with van der Waals surface area (Å²) in [5.74, 6) is 3.81. The van der Waals surface area contributed by atoms with Crippen molar-refractivity contribution in [3.8, 4) is 0 Å². The van der Waals surface area contributed by atoms with Crippen LogP contribution in [0.4, 0.5) is 0 Å². The van der Waals surface area contributed by atoms with Crippen LogP contribution in [0.2, 0.25) is 0 Å². The van der Waals surface area contributed by atoms with Gasteiger partial charge in [-0.15, -0.1) is 0 Å². The van der Waals surface area contributed by atoms with Gasteiger partial charge in [0, 0.05) is 4.75 Å². The second-order valence-electron chi connectivity index (χ2n) is 4.14. The van der Waals surface area contributed by atoms with Gasteiger partial charge in [0.15, 0.2) is 0 Å². The lowest BCUT2D eigenvalue weighted by atomic mass is 9.91. The minimum atomic E-state index is -0.00986. The van der Waals surface area contributed by atoms with Gasteiger partial charge >= 0.3 is 0 Å². The first-order chi connectivity index (χ1) is 6.31. The SMILES string of the molecule is OC1CCSC2(CCCSCC2)C1. The summed E-state index contributed by atoms with van der Waals surface area (Å²) < 4.78 is 0.459. The third-order valence-corrected chi connectivity index (χ3v) is 5.79. The molecule has 0 radical (unpaired) electrons. The highest BCUT2D eigenvalue weighted by Crippen LogP contribution is 2.45. The average Bonchev–Trinajstić information content (AvgIpc) is 2.31. The van der Waals surface area contributed by atoms with Gasteiger partial charge in [0.05, 0.1) is 6.10 Å². The molecule has 2 saturated heterocycles. The van der Waals surface area contributed by atoms with Crippen LogP contribution >= 0.6 is 23.5 Å². The molecule has 2 atom stereocenters. The van der Waals surface area contributed by atoms with E-state index in [2.05, 4.69) is 23.5 Å². The Morgan fingerprint density at radius 2 is 2.08 bits per heavy atom. The van der Waals surface area contributed by atoms with Gasteiger partial charge in [-0.3, -0.25) is 0 Å². The zero-order chi connectivity index (χ0) is 9.15. The number of aliphatic hydroxyl groups is 1. The van der Waals surface area contributed by atoms with Crippen LogP contribution in [0.5, 0.6) is 0 Å². The van der Waals surface area contributed by atoms with Crippen molar-refractivity contribution >= 4 is 23.5 Å². The molecule has 2 rings (SSSR count). The largest absolute Gasteiger partial charge is 0.393 e. The molecule has 1 N–H and O–H groups in total. The monoisotopic (exact) mass is 218 g/mol. The summed E-state index contributed by atoms with van der Waals surface area (Å²) in [5, 5.41) is 9.70. The van der Waals surface area contributed by atoms with Crippen LogP contribution in [0.3, 0.4) is 0 Å². The van der Waals surface area contributed by atoms with E-state index in [0.717, 1.165) is 12.8 Å². The van der Waals surface area contributed by atoms with Gasteiger partial charge in [-0.2, -0.15) is 23.5 Å². The maximum Gasteiger partial charge on any atom is 0.0561 e. The highest BCUT2D eigenvalue weighted by molar-refractivity contribution is 8.01. The maximum atomic E-state index is 9.70. The Morgan fingerprint density at radius 1 is 1.15 bits per heavy atom. The molecule has 2 heterocycles. The van der Waals surface area contributed by atoms with Gasteiger partial charge in [0.1, 0.15) is 0 Å². The van der Waals surface area contributed by atoms with E-state index < -0.39 is 0 Å². The van der Waals surface area contributed by atoms with E-state index in [9.17, 15) is 5.11 Å². The molecule has 0 aliphatic carbocycles. The second kappa shape index (κ2) is 4.45. The van der Waals surface area contributed by atoms with Gasteiger partial charge in [-0.25, -0.2) is 0 Å². The van der Waals surface area contributed by atoms with Crippen LogP contribution < -0.4 is 0 Å². The lowest BCUT2D eigenvalue weighted by Crippen LogP contribution is -2.35. The van der Waals surface area contributed by atoms with Crippen LogP contribution in [0.25, 0.3) is 0 Å². The molecule has 76 valence electrons. The third-order valence-electron chi connectivity index (χ3n) is 3.09. The number of hydrogen-bond donors (Lipinski definition) is 1. The highest BCUT2D eigenvalue weighted by Gasteiger charge is 2.36. The smallest absolute Gasteiger partial charge is 0.0561 e. The molecule has 1 spiro atoms. The van der Waals surface area contributed by atoms with Crippen molar-refractivity contribution in [2.75, 3.05) is 17.3 Å². The number of aliphatic hydroxyl groups excluding tert-OH is 1. The number of thioether (sulfide) groups is 2. The van der Waals surface area contributed by atoms with E-state index in [0.29, 0.717) is 4.75 Å². The van der Waals surface area contributed by atoms with Crippen LogP contribution in [0, 0.1) is 0 Å². The van der Waals surface area contributed by atoms with Crippen molar-refractivity contribution in [3.63, 3.8) is 0 Å². The summed E-state index contributed by atoms with van der Waals surface area (Å²) in [5.41, 5.74) is 0. The normalized spacial score (nSPS) is 41.8. The van der Waals surface area contributed by atoms with Crippen LogP contribution in [0.1, 0.15) is 32.1 Å². The predicted octanol–water partition coefficient (Wildman–Crippen LogP) is 2.53. The standard InChI is InChI=1S/C10H18OS2/c11-9-2-6-13-10(8-9)3-1-5-12-7-4-10/h9,11H,1-8H2. The summed E-state index contributed by atoms with van der Waals surface area (Å²) in [6, 6.07) is 0. The second-order valence-corrected chi connectivity index (χ2v) is 6.93. The molecule has 0 amide bonds. The highest BCUT2D eigenvalue weighted by atomic mass is 32.2. The van der Waals surface area contributed by atoms with Gasteiger partial charge in [-0.1, -0.05) is 0 Å². The molecule has 2 fully saturated rings. The fourth-order valence-electron chi connectivity index (χ4n) is 2.33. The van der Waals surface area contributed by atoms with Crippen molar-refractivity contribution < 1.29 is 5.11 Å². The third kappa shape index (κ3) is 2.57. The fourth-order valence-corrected chi connectivity index (χ4v) is 5.22. The zero-order valence-corrected chi connectivity index (χ0v) is 9.63. The summed E-state index contributed by atoms with van der Waals surface area (Å²) in [4.78, 5) is 0. The summed E-state index contributed by atoms with van der Waals surface area (Å²) in [6.07, 6.45) is 6.06. The minimum Gasteiger partial charge on any atom is -0.393 e. The van der Waals surface area contributed by atoms with Gasteiger partial charge in [0.2, 0.25) is 0 Å². The van der Waals surface area contributed by atoms with E-state index >= 15 is 0 Å². The van der Waals surface area contributed by atoms with Gasteiger partial charge in [0.25, 0.3) is 0 Å². The quantitative estimate of drug-likeness (QED) is 0.675. The molecule has 2 aliphatic rings. The van der Waals surface area contributed by atoms with Crippen molar-refractivity contribution in [2.24, 2.45) is 0 Å². The number of hydrogen-bond acceptors (Lipinski definition) is 3. The molecule has 13 heavy (non-hydrogen) atoms. The fraction of sp³-hybridized carbons (Fsp3) is 1.00. The Labute approximate surface area is 89.1 Å². The van der Waals surface area contributed by atoms with Crippen LogP contribution in [0.15, 0.2) is 0 Å². The average molecular weight is 218 g/mol. The lowest BCUT2D eigenvalue weighted by molar-refractivity contribution is 0.138. The van der Waals surface area contributed by atoms with E-state index in [1.165, 1.54) is 36.5 Å². The molecular weight excluding hydrogens is 200 g/mol. The summed E-state index contributed by atoms with van der Waals surface area (Å²) in [6.45, 7) is 0. The van der Waals surface area contributed by atoms with E-state index in [-0.39, 0.29) is 6.10 Å². The van der Waals surface area contributed by atoms with Crippen molar-refractivity contribution in [2.45, 2.75) is 43.0 Å². The molecule has 2 unspecified atom stereocenters. The molecular formula is C10H18OS2. The molecule has 0 bridgehead atoms. The zero-order valence-electron chi connectivity index (χ0n) is 8.00. The van der Waals surface area contributed by atoms with Crippen LogP contribution in [-0.2, 0) is 0 Å². The predicted molar refractivity (Wildman–Crippen MR) is 61.6 cm³/mol. The van der Waals surface area contributed by atoms with Crippen molar-refractivity contribution in [1.82, 2.24) is 0 Å². The van der Waals surface area contributed by atoms with Gasteiger partial charge < -0.3 is 5.11 Å². The molecule has 1 nitrogen and oxygen atoms in total. The Bertz CT molecular complexity index is 164. The Hall–Kier alpha value is 0.660. The topological polar surface area (TPSA) is 20.2 Å². The first kappa shape index (κ1) is 10.2. The lowest BCUT2D eigenvalue weighted by Gasteiger charge is -2.38. The molecule has 0 saturated carbocycles. The van der Waals surface area contributed by atoms with E-state index in [1.54, 1.807) is 0 Å². The van der Waals surface area contributed by atoms with E-state index in [1.807, 2.05) is 0 Å². The summed E-state index contributed by atoms with van der Waals surface area (Å²) in [7, 11) is 0. The first-order valence-electron chi connectivity index (χ1n) is 5.21. The number of rotatable bonds is 0. The molecule has 0 aromatic heterocycles. The van der Waals surface area contributed by atoms with Crippen molar-refractivity contribution in [1.29, 1.82) is 0 Å². The Balaban J connectivity index is 1.99. The summed E-state index contributed by atoms with van der Waals surface area (Å²) >= 11 is 4.22.